The summed E-state index contributed by atoms with van der Waals surface area (Å²) in [6, 6.07) is 0. The number of ether oxygens (including phenoxy) is 1. The van der Waals surface area contributed by atoms with Gasteiger partial charge in [0, 0.05) is 0 Å². The Morgan fingerprint density at radius 3 is 0.870 bits per heavy atom. The first kappa shape index (κ1) is 29.2. The molecule has 2 aromatic carbocycles. The second-order valence-electron chi connectivity index (χ2n) is 7.01. The Labute approximate surface area is 372 Å². The third-order valence-corrected chi connectivity index (χ3v) is 118. The molecule has 0 spiro atoms. The van der Waals surface area contributed by atoms with E-state index in [1.165, 1.54) is 11.5 Å². The van der Waals surface area contributed by atoms with Crippen molar-refractivity contribution in [2.45, 2.75) is 13.8 Å². The summed E-state index contributed by atoms with van der Waals surface area (Å²) in [5, 5.41) is 0. The minimum absolute atomic E-state index is 0.421. The van der Waals surface area contributed by atoms with Crippen LogP contribution in [0.2, 0.25) is 0 Å². The molecule has 0 saturated carbocycles. The molecule has 0 fully saturated rings. The van der Waals surface area contributed by atoms with E-state index in [9.17, 15) is 0 Å². The molecule has 0 heterocycles. The van der Waals surface area contributed by atoms with Gasteiger partial charge in [0.1, 0.15) is 0 Å². The predicted octanol–water partition coefficient (Wildman–Crippen LogP) is -4.65. The summed E-state index contributed by atoms with van der Waals surface area (Å²) >= 11 is 3.60. The van der Waals surface area contributed by atoms with Crippen molar-refractivity contribution in [2.75, 3.05) is 0 Å². The third-order valence-electron chi connectivity index (χ3n) is 6.07. The Bertz CT molecular complexity index is 690. The van der Waals surface area contributed by atoms with Gasteiger partial charge in [0.25, 0.3) is 0 Å². The average Bonchev–Trinajstić information content (AvgIpc) is 2.54. The Morgan fingerprint density at radius 1 is 0.435 bits per heavy atom. The van der Waals surface area contributed by atoms with Gasteiger partial charge in [0.05, 0.1) is 0 Å². The van der Waals surface area contributed by atoms with Gasteiger partial charge in [-0.3, -0.25) is 0 Å². The van der Waals surface area contributed by atoms with Crippen molar-refractivity contribution in [3.8, 4) is 11.5 Å². The van der Waals surface area contributed by atoms with Crippen LogP contribution in [0, 0.1) is 356 Å². The Morgan fingerprint density at radius 2 is 0.652 bits per heavy atom. The monoisotopic (exact) mass is 2010 g/mol. The zero-order valence-corrected chi connectivity index (χ0v) is 82.2. The number of hydrogen-bond acceptors (Lipinski definition) is 1. The van der Waals surface area contributed by atoms with E-state index in [2.05, 4.69) is 13.8 Å². The van der Waals surface area contributed by atoms with E-state index < -0.39 is 0 Å². The second-order valence-corrected chi connectivity index (χ2v) is 39.9. The van der Waals surface area contributed by atoms with Crippen LogP contribution in [0.1, 0.15) is 11.1 Å². The number of hydrogen-bond donors (Lipinski definition) is 0. The van der Waals surface area contributed by atoms with Gasteiger partial charge in [-0.05, 0) is 0 Å². The van der Waals surface area contributed by atoms with E-state index >= 15 is 0 Å². The molecular formula is C14H14ORa8. The Kier molecular flexibility index (Phi) is 17.7. The normalized spacial score (nSPS) is 10.3. The zero-order chi connectivity index (χ0) is 17.6. The SMILES string of the molecule is Cc1[c]([RaH])[c]([RaH])c(Oc2[c]([RaH])[c]([RaH])c(C)[c]([RaH])[c]2[RaH])[c]([RaH])[c]1[RaH]. The number of rotatable bonds is 2. The molecule has 9 heteroatoms. The zero-order valence-electron chi connectivity index (χ0n) is 16.4. The molecule has 0 amide bonds. The third kappa shape index (κ3) is 7.48. The topological polar surface area (TPSA) is 9.23 Å². The first-order valence-electron chi connectivity index (χ1n) is 8.41. The molecule has 0 aliphatic carbocycles. The van der Waals surface area contributed by atoms with Crippen LogP contribution in [0.3, 0.4) is 0 Å². The summed E-state index contributed by atoms with van der Waals surface area (Å²) in [6.07, 6.45) is 0. The van der Waals surface area contributed by atoms with E-state index in [-0.39, 0.29) is 0 Å². The molecule has 23 heavy (non-hydrogen) atoms. The van der Waals surface area contributed by atoms with E-state index in [0.29, 0.717) is 342 Å². The Hall–Kier alpha value is 9.98. The van der Waals surface area contributed by atoms with Gasteiger partial charge < -0.3 is 0 Å². The van der Waals surface area contributed by atoms with Crippen LogP contribution in [0.5, 0.6) is 11.5 Å². The standard InChI is InChI=1S/C14H6O.8Ra.8H/c1-11-3-7-13(8-4-11)15-14-9-5-12(2)6-10-14;;;;;;;;;;;;;;;;/h1-2H3;;;;;;;;;;;;;;;;. The fourth-order valence-corrected chi connectivity index (χ4v) is 61.0. The molecule has 2 rings (SSSR count). The summed E-state index contributed by atoms with van der Waals surface area (Å²) in [7, 11) is 0. The summed E-state index contributed by atoms with van der Waals surface area (Å²) in [4.78, 5) is 0. The van der Waals surface area contributed by atoms with Gasteiger partial charge in [0.2, 0.25) is 0 Å². The van der Waals surface area contributed by atoms with Crippen molar-refractivity contribution >= 4 is 4.83 Å². The van der Waals surface area contributed by atoms with Crippen molar-refractivity contribution < 1.29 is 347 Å². The van der Waals surface area contributed by atoms with Crippen LogP contribution >= 0.6 is 0 Å². The fraction of sp³-hybridized carbons (Fsp3) is 0.143. The second kappa shape index (κ2) is 13.9. The van der Waals surface area contributed by atoms with E-state index in [1.54, 1.807) is 13.5 Å². The van der Waals surface area contributed by atoms with Crippen molar-refractivity contribution in [1.82, 2.24) is 0 Å². The van der Waals surface area contributed by atoms with Crippen LogP contribution < -0.4 is 9.57 Å². The van der Waals surface area contributed by atoms with Gasteiger partial charge in [-0.25, -0.2) is 0 Å². The molecule has 0 saturated heterocycles. The van der Waals surface area contributed by atoms with E-state index in [4.69, 9.17) is 4.74 Å². The molecule has 0 atom stereocenters. The maximum absolute atomic E-state index is 6.91. The first-order valence-corrected chi connectivity index (χ1v) is 41.3. The van der Waals surface area contributed by atoms with Crippen LogP contribution in [0.25, 0.3) is 0 Å². The van der Waals surface area contributed by atoms with Crippen LogP contribution in [-0.2, 0) is 0 Å². The average molecular weight is 2010 g/mol. The molecule has 0 bridgehead atoms. The van der Waals surface area contributed by atoms with Crippen LogP contribution in [0.15, 0.2) is 0 Å². The quantitative estimate of drug-likeness (QED) is 0.295. The molecule has 1 nitrogen and oxygen atoms in total. The van der Waals surface area contributed by atoms with Gasteiger partial charge in [0.15, 0.2) is 0 Å². The van der Waals surface area contributed by atoms with Crippen LogP contribution in [0.4, 0.5) is 0 Å². The van der Waals surface area contributed by atoms with Crippen molar-refractivity contribution in [1.29, 1.82) is 0 Å². The fourth-order valence-electron chi connectivity index (χ4n) is 3.34. The predicted molar refractivity (Wildman–Crippen MR) is 70.7 cm³/mol. The van der Waals surface area contributed by atoms with Gasteiger partial charge in [-0.1, -0.05) is 0 Å². The molecule has 2 aromatic rings. The summed E-state index contributed by atoms with van der Waals surface area (Å²) in [6.45, 7) is 4.86. The molecule has 0 N–H and O–H groups in total. The molecular weight excluding hydrogens is 1990 g/mol. The number of benzene rings is 2. The van der Waals surface area contributed by atoms with Crippen LogP contribution in [-0.4, -0.2) is 0 Å². The molecule has 92 valence electrons. The Balaban J connectivity index is 2.71. The van der Waals surface area contributed by atoms with E-state index in [0.717, 1.165) is 0 Å². The summed E-state index contributed by atoms with van der Waals surface area (Å²) in [5.41, 5.74) is 3.49. The maximum atomic E-state index is 6.91. The van der Waals surface area contributed by atoms with Crippen molar-refractivity contribution in [3.63, 3.8) is 0 Å². The minimum atomic E-state index is 0.421. The summed E-state index contributed by atoms with van der Waals surface area (Å²) in [5.74, 6) is 2.94. The molecule has 0 radical (unpaired) electrons. The van der Waals surface area contributed by atoms with Crippen molar-refractivity contribution in [3.05, 3.63) is 11.1 Å². The molecule has 0 unspecified atom stereocenters. The van der Waals surface area contributed by atoms with Gasteiger partial charge in [-0.15, -0.1) is 0 Å². The molecule has 0 aromatic heterocycles. The molecule has 0 aliphatic heterocycles. The van der Waals surface area contributed by atoms with Crippen molar-refractivity contribution in [2.24, 2.45) is 0 Å². The van der Waals surface area contributed by atoms with E-state index in [1.807, 2.05) is 2.42 Å². The van der Waals surface area contributed by atoms with Gasteiger partial charge >= 0.3 is 388 Å². The van der Waals surface area contributed by atoms with Gasteiger partial charge in [-0.2, -0.15) is 0 Å². The molecule has 0 aliphatic rings. The first-order chi connectivity index (χ1) is 10.6. The summed E-state index contributed by atoms with van der Waals surface area (Å²) < 4.78 is 21.3.